The average Bonchev–Trinajstić information content (AvgIpc) is 2.19. The monoisotopic (exact) mass is 548 g/mol. The molecule has 0 aliphatic rings. The normalized spacial score (nSPS) is 16.7. The van der Waals surface area contributed by atoms with E-state index in [4.69, 9.17) is 0 Å². The van der Waals surface area contributed by atoms with Gasteiger partial charge in [-0.2, -0.15) is 0 Å². The summed E-state index contributed by atoms with van der Waals surface area (Å²) in [5.74, 6) is 0. The second-order valence-electron chi connectivity index (χ2n) is 12.3. The van der Waals surface area contributed by atoms with Gasteiger partial charge in [0, 0.05) is 43.6 Å². The average molecular weight is 549 g/mol. The van der Waals surface area contributed by atoms with Crippen LogP contribution in [0.25, 0.3) is 0 Å². The summed E-state index contributed by atoms with van der Waals surface area (Å²) in [6, 6.07) is 0. The van der Waals surface area contributed by atoms with Gasteiger partial charge in [0.05, 0.1) is 4.61 Å². The summed E-state index contributed by atoms with van der Waals surface area (Å²) in [5.41, 5.74) is 0. The quantitative estimate of drug-likeness (QED) is 0.191. The van der Waals surface area contributed by atoms with Crippen molar-refractivity contribution in [2.45, 2.75) is 98.2 Å². The Labute approximate surface area is 167 Å². The Morgan fingerprint density at radius 3 is 0.565 bits per heavy atom. The van der Waals surface area contributed by atoms with Crippen LogP contribution in [0.4, 0.5) is 0 Å². The summed E-state index contributed by atoms with van der Waals surface area (Å²) >= 11 is 3.24. The molecule has 0 N–H and O–H groups in total. The molecule has 0 aromatic heterocycles. The minimum absolute atomic E-state index is 1.12. The Kier molecular flexibility index (Phi) is 7.35. The van der Waals surface area contributed by atoms with Crippen LogP contribution in [0.15, 0.2) is 0 Å². The molecular formula is C15H45ISi7. The van der Waals surface area contributed by atoms with E-state index in [2.05, 4.69) is 120 Å². The van der Waals surface area contributed by atoms with Crippen LogP contribution < -0.4 is 0 Å². The van der Waals surface area contributed by atoms with Crippen LogP contribution in [0, 0.1) is 0 Å². The predicted octanol–water partition coefficient (Wildman–Crippen LogP) is 6.98. The molecule has 0 saturated carbocycles. The maximum absolute atomic E-state index is 3.24. The molecule has 0 aliphatic heterocycles. The maximum Gasteiger partial charge on any atom is 0.0978 e. The molecule has 0 nitrogen and oxygen atoms in total. The smallest absolute Gasteiger partial charge is 0.0978 e. The Morgan fingerprint density at radius 1 is 0.348 bits per heavy atom. The highest BCUT2D eigenvalue weighted by Crippen LogP contribution is 2.49. The Hall–Kier alpha value is 2.25. The highest BCUT2D eigenvalue weighted by atomic mass is 127. The summed E-state index contributed by atoms with van der Waals surface area (Å²) in [5, 5.41) is 0. The largest absolute Gasteiger partial charge is 0.127 e. The molecule has 23 heavy (non-hydrogen) atoms. The minimum atomic E-state index is -1.26. The fourth-order valence-corrected chi connectivity index (χ4v) is 319. The van der Waals surface area contributed by atoms with Crippen molar-refractivity contribution in [3.8, 4) is 0 Å². The minimum Gasteiger partial charge on any atom is -0.127 e. The van der Waals surface area contributed by atoms with Gasteiger partial charge in [0.2, 0.25) is 0 Å². The molecule has 0 saturated heterocycles. The van der Waals surface area contributed by atoms with E-state index in [1.54, 1.807) is 0 Å². The van der Waals surface area contributed by atoms with Gasteiger partial charge in [0.1, 0.15) is 0 Å². The number of hydrogen-bond donors (Lipinski definition) is 0. The number of rotatable bonds is 6. The zero-order valence-electron chi connectivity index (χ0n) is 18.9. The maximum atomic E-state index is 3.24. The zero-order valence-corrected chi connectivity index (χ0v) is 28.0. The third kappa shape index (κ3) is 3.79. The number of hydrogen-bond acceptors (Lipinski definition) is 0. The highest BCUT2D eigenvalue weighted by molar-refractivity contribution is 14.1. The van der Waals surface area contributed by atoms with E-state index in [-0.39, 0.29) is 0 Å². The van der Waals surface area contributed by atoms with Crippen molar-refractivity contribution in [1.29, 1.82) is 0 Å². The van der Waals surface area contributed by atoms with Crippen molar-refractivity contribution in [2.75, 3.05) is 0 Å². The highest BCUT2D eigenvalue weighted by Gasteiger charge is 2.72. The molecular weight excluding hydrogens is 504 g/mol. The molecule has 0 aromatic carbocycles. The fourth-order valence-electron chi connectivity index (χ4n) is 5.57. The summed E-state index contributed by atoms with van der Waals surface area (Å²) in [7, 11) is -4.46. The van der Waals surface area contributed by atoms with Crippen LogP contribution in [0.3, 0.4) is 0 Å². The third-order valence-corrected chi connectivity index (χ3v) is 199. The van der Waals surface area contributed by atoms with Crippen LogP contribution in [0.1, 0.15) is 0 Å². The summed E-state index contributed by atoms with van der Waals surface area (Å²) < 4.78 is -1.26. The molecule has 140 valence electrons. The Balaban J connectivity index is 6.94. The SMILES string of the molecule is C[Si](C)(C)[Si](C)([Si](C)(C)C)[Si](C)(I)[Si](C)([Si](C)(C)C)[Si](C)(C)C. The molecule has 0 aliphatic carbocycles. The lowest BCUT2D eigenvalue weighted by Gasteiger charge is -2.66. The van der Waals surface area contributed by atoms with Gasteiger partial charge in [0.15, 0.2) is 0 Å². The number of halogens is 1. The summed E-state index contributed by atoms with van der Waals surface area (Å²) in [6.45, 7) is 39.5. The lowest BCUT2D eigenvalue weighted by Crippen LogP contribution is -2.94. The van der Waals surface area contributed by atoms with E-state index in [9.17, 15) is 0 Å². The van der Waals surface area contributed by atoms with Crippen LogP contribution in [0.2, 0.25) is 98.2 Å². The van der Waals surface area contributed by atoms with Gasteiger partial charge in [-0.1, -0.05) is 98.2 Å². The second-order valence-corrected chi connectivity index (χ2v) is 102. The predicted molar refractivity (Wildman–Crippen MR) is 142 cm³/mol. The lowest BCUT2D eigenvalue weighted by atomic mass is 11.8. The van der Waals surface area contributed by atoms with Gasteiger partial charge in [-0.3, -0.25) is 0 Å². The summed E-state index contributed by atoms with van der Waals surface area (Å²) in [4.78, 5) is 0. The molecule has 0 bridgehead atoms. The first kappa shape index (κ1) is 25.2. The molecule has 0 heterocycles. The zero-order chi connectivity index (χ0) is 19.5. The molecule has 0 radical (unpaired) electrons. The molecule has 0 unspecified atom stereocenters. The van der Waals surface area contributed by atoms with Crippen molar-refractivity contribution in [2.24, 2.45) is 0 Å². The first-order valence-corrected chi connectivity index (χ1v) is 39.8. The van der Waals surface area contributed by atoms with Crippen molar-refractivity contribution in [3.05, 3.63) is 0 Å². The van der Waals surface area contributed by atoms with E-state index < -0.39 is 48.2 Å². The van der Waals surface area contributed by atoms with Crippen molar-refractivity contribution in [3.63, 3.8) is 0 Å². The summed E-state index contributed by atoms with van der Waals surface area (Å²) in [6.07, 6.45) is 0. The van der Waals surface area contributed by atoms with E-state index in [1.165, 1.54) is 0 Å². The fraction of sp³-hybridized carbons (Fsp3) is 1.00. The molecule has 0 spiro atoms. The van der Waals surface area contributed by atoms with E-state index in [0.29, 0.717) is 0 Å². The van der Waals surface area contributed by atoms with Crippen LogP contribution in [-0.4, -0.2) is 48.2 Å². The molecule has 8 heteroatoms. The molecule has 0 amide bonds. The first-order valence-electron chi connectivity index (χ1n) is 9.19. The van der Waals surface area contributed by atoms with Gasteiger partial charge in [-0.25, -0.2) is 0 Å². The lowest BCUT2D eigenvalue weighted by molar-refractivity contribution is 1.74. The van der Waals surface area contributed by atoms with Gasteiger partial charge < -0.3 is 0 Å². The van der Waals surface area contributed by atoms with Crippen LogP contribution in [0.5, 0.6) is 0 Å². The van der Waals surface area contributed by atoms with Gasteiger partial charge in [-0.15, -0.1) is 21.8 Å². The molecule has 0 fully saturated rings. The van der Waals surface area contributed by atoms with Crippen molar-refractivity contribution < 1.29 is 0 Å². The van der Waals surface area contributed by atoms with Crippen molar-refractivity contribution >= 4 is 70.0 Å². The standard InChI is InChI=1S/C15H45ISi7/c1-17(2,3)22(14,18(4,5)6)21(13,16)23(15,19(7,8)9)20(10,11)12/h1-15H3. The molecule has 0 aromatic rings. The van der Waals surface area contributed by atoms with Gasteiger partial charge in [0.25, 0.3) is 0 Å². The molecule has 0 rings (SSSR count). The van der Waals surface area contributed by atoms with Crippen LogP contribution >= 0.6 is 21.8 Å². The van der Waals surface area contributed by atoms with Crippen LogP contribution in [-0.2, 0) is 0 Å². The van der Waals surface area contributed by atoms with E-state index in [1.807, 2.05) is 0 Å². The topological polar surface area (TPSA) is 0 Å². The second kappa shape index (κ2) is 6.69. The Bertz CT molecular complexity index is 365. The van der Waals surface area contributed by atoms with Gasteiger partial charge in [-0.05, 0) is 0 Å². The Morgan fingerprint density at radius 2 is 0.478 bits per heavy atom. The van der Waals surface area contributed by atoms with E-state index >= 15 is 0 Å². The third-order valence-electron chi connectivity index (χ3n) is 7.88. The van der Waals surface area contributed by atoms with E-state index in [0.717, 1.165) is 0 Å². The molecule has 0 atom stereocenters. The van der Waals surface area contributed by atoms with Crippen molar-refractivity contribution in [1.82, 2.24) is 0 Å². The first-order chi connectivity index (χ1) is 9.50. The van der Waals surface area contributed by atoms with Gasteiger partial charge >= 0.3 is 0 Å².